The van der Waals surface area contributed by atoms with Gasteiger partial charge in [0.2, 0.25) is 0 Å². The van der Waals surface area contributed by atoms with Crippen molar-refractivity contribution in [1.82, 2.24) is 0 Å². The Hall–Kier alpha value is -1.19. The van der Waals surface area contributed by atoms with E-state index in [2.05, 4.69) is 30.1 Å². The molecule has 0 fully saturated rings. The Labute approximate surface area is 109 Å². The van der Waals surface area contributed by atoms with Crippen LogP contribution in [0.15, 0.2) is 23.2 Å². The summed E-state index contributed by atoms with van der Waals surface area (Å²) >= 11 is 0. The van der Waals surface area contributed by atoms with Gasteiger partial charge >= 0.3 is 0 Å². The van der Waals surface area contributed by atoms with Crippen molar-refractivity contribution in [1.29, 1.82) is 0 Å². The van der Waals surface area contributed by atoms with Crippen LogP contribution in [-0.2, 0) is 22.3 Å². The maximum Gasteiger partial charge on any atom is 0.0890 e. The van der Waals surface area contributed by atoms with Gasteiger partial charge in [-0.15, -0.1) is 0 Å². The van der Waals surface area contributed by atoms with Crippen molar-refractivity contribution in [3.8, 4) is 0 Å². The van der Waals surface area contributed by atoms with E-state index in [0.717, 1.165) is 25.1 Å². The lowest BCUT2D eigenvalue weighted by molar-refractivity contribution is 0.0901. The smallest absolute Gasteiger partial charge is 0.0890 e. The molecule has 98 valence electrons. The molecule has 1 aromatic rings. The lowest BCUT2D eigenvalue weighted by Gasteiger charge is -2.18. The largest absolute Gasteiger partial charge is 0.382 e. The van der Waals surface area contributed by atoms with E-state index in [4.69, 9.17) is 9.47 Å². The highest BCUT2D eigenvalue weighted by Crippen LogP contribution is 2.18. The molecule has 1 aromatic carbocycles. The summed E-state index contributed by atoms with van der Waals surface area (Å²) in [6, 6.07) is 6.71. The molecule has 0 amide bonds. The number of hydrogen-bond donors (Lipinski definition) is 0. The lowest BCUT2D eigenvalue weighted by Crippen LogP contribution is -2.19. The molecule has 0 unspecified atom stereocenters. The number of ether oxygens (including phenoxy) is 2. The van der Waals surface area contributed by atoms with Gasteiger partial charge in [0.15, 0.2) is 0 Å². The number of benzene rings is 1. The minimum atomic E-state index is 0.587. The SMILES string of the molecule is CCc1ccc2c(c1)C(COCCOC)=NCC2. The molecule has 1 aliphatic heterocycles. The van der Waals surface area contributed by atoms with E-state index in [1.165, 1.54) is 16.7 Å². The third-order valence-electron chi connectivity index (χ3n) is 3.25. The van der Waals surface area contributed by atoms with Gasteiger partial charge in [-0.1, -0.05) is 19.1 Å². The molecule has 0 radical (unpaired) electrons. The predicted molar refractivity (Wildman–Crippen MR) is 73.6 cm³/mol. The summed E-state index contributed by atoms with van der Waals surface area (Å²) in [6.07, 6.45) is 2.10. The Kier molecular flexibility index (Phi) is 4.90. The minimum absolute atomic E-state index is 0.587. The fraction of sp³-hybridized carbons (Fsp3) is 0.533. The first-order chi connectivity index (χ1) is 8.85. The molecule has 0 saturated carbocycles. The topological polar surface area (TPSA) is 30.8 Å². The summed E-state index contributed by atoms with van der Waals surface area (Å²) in [7, 11) is 1.68. The molecule has 0 atom stereocenters. The van der Waals surface area contributed by atoms with Crippen LogP contribution in [0, 0.1) is 0 Å². The molecule has 0 saturated heterocycles. The van der Waals surface area contributed by atoms with E-state index < -0.39 is 0 Å². The standard InChI is InChI=1S/C15H21NO2/c1-3-12-4-5-13-6-7-16-15(14(13)10-12)11-18-9-8-17-2/h4-5,10H,3,6-9,11H2,1-2H3. The van der Waals surface area contributed by atoms with Crippen molar-refractivity contribution in [3.63, 3.8) is 0 Å². The van der Waals surface area contributed by atoms with E-state index in [-0.39, 0.29) is 0 Å². The monoisotopic (exact) mass is 247 g/mol. The van der Waals surface area contributed by atoms with E-state index in [1.807, 2.05) is 0 Å². The van der Waals surface area contributed by atoms with Crippen LogP contribution in [0.5, 0.6) is 0 Å². The first kappa shape index (κ1) is 13.2. The van der Waals surface area contributed by atoms with E-state index >= 15 is 0 Å². The molecule has 0 aliphatic carbocycles. The van der Waals surface area contributed by atoms with Crippen LogP contribution in [0.25, 0.3) is 0 Å². The number of methoxy groups -OCH3 is 1. The van der Waals surface area contributed by atoms with Gasteiger partial charge < -0.3 is 9.47 Å². The van der Waals surface area contributed by atoms with Crippen molar-refractivity contribution in [3.05, 3.63) is 34.9 Å². The normalized spacial score (nSPS) is 14.2. The first-order valence-electron chi connectivity index (χ1n) is 6.57. The van der Waals surface area contributed by atoms with Gasteiger partial charge in [0, 0.05) is 19.2 Å². The molecule has 3 heteroatoms. The molecule has 0 N–H and O–H groups in total. The average molecular weight is 247 g/mol. The number of aryl methyl sites for hydroxylation is 1. The van der Waals surface area contributed by atoms with E-state index in [1.54, 1.807) is 7.11 Å². The van der Waals surface area contributed by atoms with Gasteiger partial charge in [0.1, 0.15) is 0 Å². The number of hydrogen-bond acceptors (Lipinski definition) is 3. The molecule has 18 heavy (non-hydrogen) atoms. The van der Waals surface area contributed by atoms with Gasteiger partial charge in [0.25, 0.3) is 0 Å². The maximum atomic E-state index is 5.59. The quantitative estimate of drug-likeness (QED) is 0.722. The molecule has 1 aliphatic rings. The fourth-order valence-electron chi connectivity index (χ4n) is 2.16. The average Bonchev–Trinajstić information content (AvgIpc) is 2.43. The molecule has 2 rings (SSSR count). The zero-order chi connectivity index (χ0) is 12.8. The highest BCUT2D eigenvalue weighted by molar-refractivity contribution is 6.03. The van der Waals surface area contributed by atoms with Gasteiger partial charge in [0.05, 0.1) is 25.5 Å². The van der Waals surface area contributed by atoms with Crippen LogP contribution in [0.3, 0.4) is 0 Å². The number of aliphatic imine (C=N–C) groups is 1. The second-order valence-corrected chi connectivity index (χ2v) is 4.47. The third kappa shape index (κ3) is 3.18. The van der Waals surface area contributed by atoms with Gasteiger partial charge in [-0.2, -0.15) is 0 Å². The van der Waals surface area contributed by atoms with Crippen LogP contribution in [-0.4, -0.2) is 39.2 Å². The third-order valence-corrected chi connectivity index (χ3v) is 3.25. The van der Waals surface area contributed by atoms with Crippen LogP contribution < -0.4 is 0 Å². The van der Waals surface area contributed by atoms with Gasteiger partial charge in [-0.3, -0.25) is 4.99 Å². The fourth-order valence-corrected chi connectivity index (χ4v) is 2.16. The number of nitrogens with zero attached hydrogens (tertiary/aromatic N) is 1. The van der Waals surface area contributed by atoms with Crippen molar-refractivity contribution in [2.75, 3.05) is 33.5 Å². The molecule has 0 bridgehead atoms. The molecular weight excluding hydrogens is 226 g/mol. The Morgan fingerprint density at radius 1 is 1.28 bits per heavy atom. The zero-order valence-electron chi connectivity index (χ0n) is 11.2. The Balaban J connectivity index is 2.06. The summed E-state index contributed by atoms with van der Waals surface area (Å²) in [5.41, 5.74) is 5.12. The Morgan fingerprint density at radius 2 is 2.17 bits per heavy atom. The van der Waals surface area contributed by atoms with E-state index in [0.29, 0.717) is 19.8 Å². The van der Waals surface area contributed by atoms with E-state index in [9.17, 15) is 0 Å². The van der Waals surface area contributed by atoms with Crippen molar-refractivity contribution < 1.29 is 9.47 Å². The minimum Gasteiger partial charge on any atom is -0.382 e. The lowest BCUT2D eigenvalue weighted by atomic mass is 9.95. The number of fused-ring (bicyclic) bond motifs is 1. The van der Waals surface area contributed by atoms with Crippen LogP contribution in [0.4, 0.5) is 0 Å². The van der Waals surface area contributed by atoms with Crippen LogP contribution >= 0.6 is 0 Å². The molecule has 1 heterocycles. The Bertz CT molecular complexity index is 427. The zero-order valence-corrected chi connectivity index (χ0v) is 11.2. The van der Waals surface area contributed by atoms with Crippen LogP contribution in [0.2, 0.25) is 0 Å². The second-order valence-electron chi connectivity index (χ2n) is 4.47. The van der Waals surface area contributed by atoms with Gasteiger partial charge in [-0.05, 0) is 30.0 Å². The summed E-state index contributed by atoms with van der Waals surface area (Å²) in [5.74, 6) is 0. The molecule has 0 spiro atoms. The molecular formula is C15H21NO2. The van der Waals surface area contributed by atoms with Crippen molar-refractivity contribution >= 4 is 5.71 Å². The highest BCUT2D eigenvalue weighted by atomic mass is 16.5. The maximum absolute atomic E-state index is 5.59. The van der Waals surface area contributed by atoms with Crippen molar-refractivity contribution in [2.24, 2.45) is 4.99 Å². The van der Waals surface area contributed by atoms with Gasteiger partial charge in [-0.25, -0.2) is 0 Å². The molecule has 3 nitrogen and oxygen atoms in total. The predicted octanol–water partition coefficient (Wildman–Crippen LogP) is 2.26. The van der Waals surface area contributed by atoms with Crippen LogP contribution in [0.1, 0.15) is 23.6 Å². The first-order valence-corrected chi connectivity index (χ1v) is 6.57. The molecule has 0 aromatic heterocycles. The summed E-state index contributed by atoms with van der Waals surface area (Å²) in [6.45, 7) is 4.90. The number of rotatable bonds is 6. The second kappa shape index (κ2) is 6.66. The Morgan fingerprint density at radius 3 is 2.94 bits per heavy atom. The van der Waals surface area contributed by atoms with Crippen molar-refractivity contribution in [2.45, 2.75) is 19.8 Å². The highest BCUT2D eigenvalue weighted by Gasteiger charge is 2.14. The summed E-state index contributed by atoms with van der Waals surface area (Å²) in [4.78, 5) is 4.59. The summed E-state index contributed by atoms with van der Waals surface area (Å²) in [5, 5.41) is 0. The summed E-state index contributed by atoms with van der Waals surface area (Å²) < 4.78 is 10.6.